The second-order valence-corrected chi connectivity index (χ2v) is 9.38. The first-order valence-corrected chi connectivity index (χ1v) is 12.1. The molecule has 4 rings (SSSR count). The van der Waals surface area contributed by atoms with Crippen LogP contribution in [0.1, 0.15) is 72.1 Å². The Bertz CT molecular complexity index is 917. The molecule has 2 heterocycles. The number of carbonyl (C=O) groups is 2. The zero-order chi connectivity index (χ0) is 20.4. The van der Waals surface area contributed by atoms with Crippen molar-refractivity contribution in [3.63, 3.8) is 0 Å². The highest BCUT2D eigenvalue weighted by Crippen LogP contribution is 2.40. The molecular formula is C20H26N4O3S2. The van der Waals surface area contributed by atoms with Gasteiger partial charge in [0, 0.05) is 17.3 Å². The number of rotatable bonds is 8. The topological polar surface area (TPSA) is 86.1 Å². The van der Waals surface area contributed by atoms with E-state index in [-0.39, 0.29) is 17.6 Å². The van der Waals surface area contributed by atoms with Gasteiger partial charge in [0.1, 0.15) is 10.8 Å². The molecule has 0 aromatic carbocycles. The summed E-state index contributed by atoms with van der Waals surface area (Å²) in [7, 11) is 0. The molecule has 0 spiro atoms. The molecule has 9 heteroatoms. The number of aryl methyl sites for hydroxylation is 1. The van der Waals surface area contributed by atoms with Crippen molar-refractivity contribution in [1.82, 2.24) is 14.8 Å². The Kier molecular flexibility index (Phi) is 6.24. The Balaban J connectivity index is 1.46. The molecule has 1 fully saturated rings. The zero-order valence-electron chi connectivity index (χ0n) is 16.8. The van der Waals surface area contributed by atoms with E-state index in [4.69, 9.17) is 4.74 Å². The first kappa shape index (κ1) is 20.4. The van der Waals surface area contributed by atoms with E-state index in [1.165, 1.54) is 40.8 Å². The second-order valence-electron chi connectivity index (χ2n) is 7.33. The van der Waals surface area contributed by atoms with Gasteiger partial charge in [0.05, 0.1) is 17.9 Å². The van der Waals surface area contributed by atoms with E-state index in [9.17, 15) is 9.59 Å². The number of amides is 1. The largest absolute Gasteiger partial charge is 0.462 e. The standard InChI is InChI=1S/C20H26N4O3S2/c1-3-24-17(12-9-10-12)22-23-20(24)28-11-15(25)21-18-16(19(26)27-4-2)13-7-5-6-8-14(13)29-18/h12H,3-11H2,1-2H3,(H,21,25). The monoisotopic (exact) mass is 434 g/mol. The van der Waals surface area contributed by atoms with E-state index in [0.29, 0.717) is 23.1 Å². The lowest BCUT2D eigenvalue weighted by Crippen LogP contribution is -2.17. The van der Waals surface area contributed by atoms with Gasteiger partial charge in [-0.25, -0.2) is 4.79 Å². The summed E-state index contributed by atoms with van der Waals surface area (Å²) in [5, 5.41) is 12.9. The van der Waals surface area contributed by atoms with Crippen molar-refractivity contribution in [3.8, 4) is 0 Å². The number of hydrogen-bond acceptors (Lipinski definition) is 7. The highest BCUT2D eigenvalue weighted by Gasteiger charge is 2.30. The van der Waals surface area contributed by atoms with Gasteiger partial charge >= 0.3 is 5.97 Å². The van der Waals surface area contributed by atoms with E-state index in [0.717, 1.165) is 48.8 Å². The first-order chi connectivity index (χ1) is 14.1. The van der Waals surface area contributed by atoms with Gasteiger partial charge < -0.3 is 14.6 Å². The predicted octanol–water partition coefficient (Wildman–Crippen LogP) is 4.02. The molecule has 0 aliphatic heterocycles. The van der Waals surface area contributed by atoms with Crippen LogP contribution in [0, 0.1) is 0 Å². The minimum absolute atomic E-state index is 0.141. The number of nitrogens with zero attached hydrogens (tertiary/aromatic N) is 3. The first-order valence-electron chi connectivity index (χ1n) is 10.3. The third kappa shape index (κ3) is 4.35. The van der Waals surface area contributed by atoms with Gasteiger partial charge in [0.25, 0.3) is 0 Å². The third-order valence-corrected chi connectivity index (χ3v) is 7.41. The number of ether oxygens (including phenoxy) is 1. The molecule has 7 nitrogen and oxygen atoms in total. The number of fused-ring (bicyclic) bond motifs is 1. The second kappa shape index (κ2) is 8.87. The third-order valence-electron chi connectivity index (χ3n) is 5.24. The minimum atomic E-state index is -0.338. The summed E-state index contributed by atoms with van der Waals surface area (Å²) in [5.74, 6) is 1.31. The van der Waals surface area contributed by atoms with Crippen molar-refractivity contribution in [2.75, 3.05) is 17.7 Å². The van der Waals surface area contributed by atoms with Crippen LogP contribution in [0.15, 0.2) is 5.16 Å². The summed E-state index contributed by atoms with van der Waals surface area (Å²) in [4.78, 5) is 26.4. The number of hydrogen-bond donors (Lipinski definition) is 1. The van der Waals surface area contributed by atoms with E-state index in [2.05, 4.69) is 27.0 Å². The molecule has 2 aromatic rings. The molecule has 0 unspecified atom stereocenters. The number of esters is 1. The molecule has 1 N–H and O–H groups in total. The molecule has 2 aliphatic carbocycles. The van der Waals surface area contributed by atoms with Gasteiger partial charge in [-0.1, -0.05) is 11.8 Å². The van der Waals surface area contributed by atoms with Gasteiger partial charge in [0.2, 0.25) is 5.91 Å². The maximum atomic E-state index is 12.6. The zero-order valence-corrected chi connectivity index (χ0v) is 18.5. The summed E-state index contributed by atoms with van der Waals surface area (Å²) in [6, 6.07) is 0. The average molecular weight is 435 g/mol. The lowest BCUT2D eigenvalue weighted by atomic mass is 9.95. The Morgan fingerprint density at radius 3 is 2.76 bits per heavy atom. The van der Waals surface area contributed by atoms with E-state index >= 15 is 0 Å². The lowest BCUT2D eigenvalue weighted by molar-refractivity contribution is -0.113. The number of thioether (sulfide) groups is 1. The van der Waals surface area contributed by atoms with Crippen LogP contribution in [0.4, 0.5) is 5.00 Å². The number of thiophene rings is 1. The number of aromatic nitrogens is 3. The van der Waals surface area contributed by atoms with Crippen LogP contribution in [-0.4, -0.2) is 39.0 Å². The van der Waals surface area contributed by atoms with Crippen molar-refractivity contribution in [3.05, 3.63) is 21.8 Å². The Hall–Kier alpha value is -1.87. The highest BCUT2D eigenvalue weighted by molar-refractivity contribution is 7.99. The number of carbonyl (C=O) groups excluding carboxylic acids is 2. The molecule has 1 amide bonds. The van der Waals surface area contributed by atoms with Gasteiger partial charge in [0.15, 0.2) is 5.16 Å². The van der Waals surface area contributed by atoms with Crippen LogP contribution in [0.5, 0.6) is 0 Å². The fraction of sp³-hybridized carbons (Fsp3) is 0.600. The minimum Gasteiger partial charge on any atom is -0.462 e. The van der Waals surface area contributed by atoms with Gasteiger partial charge in [-0.3, -0.25) is 4.79 Å². The Morgan fingerprint density at radius 2 is 2.03 bits per heavy atom. The van der Waals surface area contributed by atoms with E-state index < -0.39 is 0 Å². The molecule has 0 saturated heterocycles. The van der Waals surface area contributed by atoms with Crippen molar-refractivity contribution >= 4 is 40.0 Å². The molecule has 0 radical (unpaired) electrons. The van der Waals surface area contributed by atoms with Crippen molar-refractivity contribution in [1.29, 1.82) is 0 Å². The van der Waals surface area contributed by atoms with Crippen LogP contribution in [0.2, 0.25) is 0 Å². The Morgan fingerprint density at radius 1 is 1.24 bits per heavy atom. The smallest absolute Gasteiger partial charge is 0.341 e. The molecule has 0 bridgehead atoms. The van der Waals surface area contributed by atoms with E-state index in [1.54, 1.807) is 6.92 Å². The summed E-state index contributed by atoms with van der Waals surface area (Å²) in [6.07, 6.45) is 6.35. The molecule has 0 atom stereocenters. The summed E-state index contributed by atoms with van der Waals surface area (Å²) in [5.41, 5.74) is 1.61. The number of anilines is 1. The van der Waals surface area contributed by atoms with Crippen molar-refractivity contribution in [2.45, 2.75) is 70.0 Å². The summed E-state index contributed by atoms with van der Waals surface area (Å²) >= 11 is 2.91. The fourth-order valence-electron chi connectivity index (χ4n) is 3.71. The summed E-state index contributed by atoms with van der Waals surface area (Å²) in [6.45, 7) is 4.99. The van der Waals surface area contributed by atoms with Crippen LogP contribution in [-0.2, 0) is 28.9 Å². The maximum absolute atomic E-state index is 12.6. The van der Waals surface area contributed by atoms with Crippen LogP contribution < -0.4 is 5.32 Å². The van der Waals surface area contributed by atoms with Gasteiger partial charge in [-0.2, -0.15) is 0 Å². The molecule has 156 valence electrons. The van der Waals surface area contributed by atoms with Crippen molar-refractivity contribution in [2.24, 2.45) is 0 Å². The van der Waals surface area contributed by atoms with Gasteiger partial charge in [-0.15, -0.1) is 21.5 Å². The SMILES string of the molecule is CCOC(=O)c1c(NC(=O)CSc2nnc(C3CC3)n2CC)sc2c1CCCC2. The quantitative estimate of drug-likeness (QED) is 0.499. The number of nitrogens with one attached hydrogen (secondary N) is 1. The van der Waals surface area contributed by atoms with Crippen LogP contribution in [0.25, 0.3) is 0 Å². The van der Waals surface area contributed by atoms with E-state index in [1.807, 2.05) is 0 Å². The molecule has 2 aromatic heterocycles. The fourth-order valence-corrected chi connectivity index (χ4v) is 5.82. The lowest BCUT2D eigenvalue weighted by Gasteiger charge is -2.12. The maximum Gasteiger partial charge on any atom is 0.341 e. The van der Waals surface area contributed by atoms with Gasteiger partial charge in [-0.05, 0) is 57.9 Å². The average Bonchev–Trinajstić information content (AvgIpc) is 3.37. The predicted molar refractivity (Wildman–Crippen MR) is 114 cm³/mol. The highest BCUT2D eigenvalue weighted by atomic mass is 32.2. The normalized spacial score (nSPS) is 15.8. The van der Waals surface area contributed by atoms with Crippen LogP contribution in [0.3, 0.4) is 0 Å². The molecule has 2 aliphatic rings. The molecule has 1 saturated carbocycles. The van der Waals surface area contributed by atoms with Crippen molar-refractivity contribution < 1.29 is 14.3 Å². The van der Waals surface area contributed by atoms with Crippen LogP contribution >= 0.6 is 23.1 Å². The Labute approximate surface area is 178 Å². The molecule has 29 heavy (non-hydrogen) atoms. The summed E-state index contributed by atoms with van der Waals surface area (Å²) < 4.78 is 7.36. The molecular weight excluding hydrogens is 408 g/mol.